The van der Waals surface area contributed by atoms with Gasteiger partial charge in [-0.1, -0.05) is 11.3 Å². The molecule has 1 amide bonds. The van der Waals surface area contributed by atoms with E-state index < -0.39 is 16.7 Å². The number of hydrogen-bond acceptors (Lipinski definition) is 9. The van der Waals surface area contributed by atoms with Gasteiger partial charge in [0.25, 0.3) is 5.91 Å². The normalized spacial score (nSPS) is 10.9. The zero-order valence-electron chi connectivity index (χ0n) is 16.5. The monoisotopic (exact) mass is 447 g/mol. The molecule has 0 atom stereocenters. The number of amides is 1. The molecule has 2 heterocycles. The molecule has 2 aromatic carbocycles. The minimum Gasteiger partial charge on any atom is -0.497 e. The first-order valence-corrected chi connectivity index (χ1v) is 9.87. The van der Waals surface area contributed by atoms with Crippen LogP contribution in [0.15, 0.2) is 64.1 Å². The summed E-state index contributed by atoms with van der Waals surface area (Å²) in [6, 6.07) is 15.9. The van der Waals surface area contributed by atoms with Gasteiger partial charge in [0.2, 0.25) is 5.13 Å². The number of carbonyl (C=O) groups is 1. The van der Waals surface area contributed by atoms with Crippen molar-refractivity contribution in [1.82, 2.24) is 4.98 Å². The maximum Gasteiger partial charge on any atom is 0.433 e. The fourth-order valence-corrected chi connectivity index (χ4v) is 3.68. The second kappa shape index (κ2) is 8.66. The number of nitriles is 1. The first-order chi connectivity index (χ1) is 15.5. The first kappa shape index (κ1) is 20.7. The van der Waals surface area contributed by atoms with Crippen LogP contribution in [0.1, 0.15) is 21.7 Å². The van der Waals surface area contributed by atoms with Gasteiger partial charge in [-0.2, -0.15) is 15.4 Å². The van der Waals surface area contributed by atoms with E-state index in [1.807, 2.05) is 6.07 Å². The third-order valence-corrected chi connectivity index (χ3v) is 5.31. The van der Waals surface area contributed by atoms with Crippen LogP contribution in [-0.4, -0.2) is 29.1 Å². The summed E-state index contributed by atoms with van der Waals surface area (Å²) in [7, 11) is 1.55. The Hall–Kier alpha value is -4.56. The number of fused-ring (bicyclic) bond motifs is 1. The van der Waals surface area contributed by atoms with E-state index in [1.165, 1.54) is 53.9 Å². The van der Waals surface area contributed by atoms with Crippen LogP contribution in [0.3, 0.4) is 0 Å². The number of hydrogen-bond donors (Lipinski definition) is 0. The molecule has 2 aromatic heterocycles. The number of nitro groups is 1. The Kier molecular flexibility index (Phi) is 5.61. The molecule has 0 N–H and O–H groups in total. The number of benzene rings is 2. The van der Waals surface area contributed by atoms with Crippen LogP contribution < -0.4 is 9.75 Å². The van der Waals surface area contributed by atoms with E-state index in [0.29, 0.717) is 16.8 Å². The molecule has 0 aliphatic heterocycles. The van der Waals surface area contributed by atoms with Gasteiger partial charge in [-0.15, -0.1) is 0 Å². The summed E-state index contributed by atoms with van der Waals surface area (Å²) in [6.07, 6.45) is 1.20. The number of rotatable bonds is 6. The van der Waals surface area contributed by atoms with Gasteiger partial charge in [-0.3, -0.25) is 14.9 Å². The highest BCUT2D eigenvalue weighted by Gasteiger charge is 2.22. The highest BCUT2D eigenvalue weighted by Crippen LogP contribution is 2.32. The van der Waals surface area contributed by atoms with E-state index in [9.17, 15) is 14.9 Å². The maximum atomic E-state index is 13.2. The van der Waals surface area contributed by atoms with Crippen molar-refractivity contribution in [2.75, 3.05) is 12.1 Å². The smallest absolute Gasteiger partial charge is 0.433 e. The van der Waals surface area contributed by atoms with E-state index in [4.69, 9.17) is 14.4 Å². The van der Waals surface area contributed by atoms with Crippen molar-refractivity contribution in [3.05, 3.63) is 81.6 Å². The number of furan rings is 1. The van der Waals surface area contributed by atoms with Gasteiger partial charge in [-0.05, 0) is 48.5 Å². The Bertz CT molecular complexity index is 1380. The SMILES string of the molecule is COc1ccc2nc(N(N=Cc3ccc([N+](=O)[O-])o3)C(=O)c3ccc(C#N)cc3)sc2c1. The second-order valence-corrected chi connectivity index (χ2v) is 7.32. The van der Waals surface area contributed by atoms with Crippen molar-refractivity contribution in [3.8, 4) is 11.8 Å². The van der Waals surface area contributed by atoms with Gasteiger partial charge in [0.1, 0.15) is 10.7 Å². The molecule has 158 valence electrons. The van der Waals surface area contributed by atoms with Crippen molar-refractivity contribution in [2.45, 2.75) is 0 Å². The Morgan fingerprint density at radius 1 is 1.28 bits per heavy atom. The summed E-state index contributed by atoms with van der Waals surface area (Å²) < 4.78 is 11.1. The van der Waals surface area contributed by atoms with Crippen LogP contribution in [0.25, 0.3) is 10.2 Å². The van der Waals surface area contributed by atoms with Crippen LogP contribution in [0.4, 0.5) is 11.0 Å². The standard InChI is InChI=1S/C21H13N5O5S/c1-30-15-6-8-17-18(10-15)32-21(24-17)25(20(27)14-4-2-13(11-22)3-5-14)23-12-16-7-9-19(31-16)26(28)29/h2-10,12H,1H3. The number of nitrogens with zero attached hydrogens (tertiary/aromatic N) is 5. The molecule has 0 aliphatic rings. The lowest BCUT2D eigenvalue weighted by Gasteiger charge is -2.13. The predicted molar refractivity (Wildman–Crippen MR) is 117 cm³/mol. The fourth-order valence-electron chi connectivity index (χ4n) is 2.73. The van der Waals surface area contributed by atoms with Crippen LogP contribution in [0.2, 0.25) is 0 Å². The molecular weight excluding hydrogens is 434 g/mol. The van der Waals surface area contributed by atoms with Crippen molar-refractivity contribution in [2.24, 2.45) is 5.10 Å². The Balaban J connectivity index is 1.74. The minimum atomic E-state index is -0.669. The van der Waals surface area contributed by atoms with Gasteiger partial charge in [0, 0.05) is 5.56 Å². The number of thiazole rings is 1. The lowest BCUT2D eigenvalue weighted by Crippen LogP contribution is -2.25. The lowest BCUT2D eigenvalue weighted by atomic mass is 10.1. The zero-order chi connectivity index (χ0) is 22.7. The van der Waals surface area contributed by atoms with Gasteiger partial charge < -0.3 is 9.15 Å². The molecule has 0 fully saturated rings. The summed E-state index contributed by atoms with van der Waals surface area (Å²) in [4.78, 5) is 27.9. The van der Waals surface area contributed by atoms with Crippen LogP contribution in [-0.2, 0) is 0 Å². The summed E-state index contributed by atoms with van der Waals surface area (Å²) >= 11 is 1.22. The third kappa shape index (κ3) is 4.16. The van der Waals surface area contributed by atoms with E-state index in [1.54, 1.807) is 25.3 Å². The van der Waals surface area contributed by atoms with Crippen LogP contribution in [0, 0.1) is 21.4 Å². The number of hydrazone groups is 1. The van der Waals surface area contributed by atoms with Crippen LogP contribution in [0.5, 0.6) is 5.75 Å². The molecule has 4 aromatic rings. The Morgan fingerprint density at radius 3 is 2.72 bits per heavy atom. The molecule has 0 unspecified atom stereocenters. The molecule has 32 heavy (non-hydrogen) atoms. The minimum absolute atomic E-state index is 0.0945. The zero-order valence-corrected chi connectivity index (χ0v) is 17.3. The number of carbonyl (C=O) groups excluding carboxylic acids is 1. The molecule has 0 bridgehead atoms. The fraction of sp³-hybridized carbons (Fsp3) is 0.0476. The van der Waals surface area contributed by atoms with Crippen molar-refractivity contribution in [3.63, 3.8) is 0 Å². The molecule has 4 rings (SSSR count). The Labute approximate surface area is 184 Å². The highest BCUT2D eigenvalue weighted by atomic mass is 32.1. The average Bonchev–Trinajstić information content (AvgIpc) is 3.46. The molecule has 0 spiro atoms. The second-order valence-electron chi connectivity index (χ2n) is 6.31. The van der Waals surface area contributed by atoms with E-state index in [0.717, 1.165) is 9.71 Å². The largest absolute Gasteiger partial charge is 0.497 e. The highest BCUT2D eigenvalue weighted by molar-refractivity contribution is 7.22. The van der Waals surface area contributed by atoms with E-state index in [-0.39, 0.29) is 16.5 Å². The first-order valence-electron chi connectivity index (χ1n) is 9.06. The van der Waals surface area contributed by atoms with Gasteiger partial charge >= 0.3 is 5.88 Å². The number of aromatic nitrogens is 1. The number of methoxy groups -OCH3 is 1. The van der Waals surface area contributed by atoms with E-state index in [2.05, 4.69) is 10.1 Å². The molecular formula is C21H13N5O5S. The molecule has 0 saturated carbocycles. The molecule has 11 heteroatoms. The van der Waals surface area contributed by atoms with Gasteiger partial charge in [0.15, 0.2) is 5.76 Å². The predicted octanol–water partition coefficient (Wildman–Crippen LogP) is 4.36. The lowest BCUT2D eigenvalue weighted by molar-refractivity contribution is -0.402. The topological polar surface area (TPSA) is 135 Å². The molecule has 10 nitrogen and oxygen atoms in total. The molecule has 0 aliphatic carbocycles. The third-order valence-electron chi connectivity index (χ3n) is 4.31. The van der Waals surface area contributed by atoms with Gasteiger partial charge in [-0.25, -0.2) is 4.98 Å². The average molecular weight is 447 g/mol. The van der Waals surface area contributed by atoms with Crippen molar-refractivity contribution in [1.29, 1.82) is 5.26 Å². The summed E-state index contributed by atoms with van der Waals surface area (Å²) in [5.41, 5.74) is 1.34. The van der Waals surface area contributed by atoms with Crippen molar-refractivity contribution >= 4 is 44.7 Å². The van der Waals surface area contributed by atoms with E-state index >= 15 is 0 Å². The number of anilines is 1. The number of ether oxygens (including phenoxy) is 1. The molecule has 0 saturated heterocycles. The summed E-state index contributed by atoms with van der Waals surface area (Å²) in [6.45, 7) is 0. The summed E-state index contributed by atoms with van der Waals surface area (Å²) in [5.74, 6) is -0.206. The molecule has 0 radical (unpaired) electrons. The van der Waals surface area contributed by atoms with Crippen LogP contribution >= 0.6 is 11.3 Å². The maximum absolute atomic E-state index is 13.2. The summed E-state index contributed by atoms with van der Waals surface area (Å²) in [5, 5.41) is 25.4. The quantitative estimate of drug-likeness (QED) is 0.243. The van der Waals surface area contributed by atoms with Crippen molar-refractivity contribution < 1.29 is 18.9 Å². The van der Waals surface area contributed by atoms with Gasteiger partial charge in [0.05, 0.1) is 41.2 Å². The Morgan fingerprint density at radius 2 is 2.06 bits per heavy atom.